The Hall–Kier alpha value is -3.87. The first-order valence-corrected chi connectivity index (χ1v) is 10.9. The molecule has 7 nitrogen and oxygen atoms in total. The molecule has 1 saturated heterocycles. The second-order valence-electron chi connectivity index (χ2n) is 8.13. The number of pyridine rings is 2. The van der Waals surface area contributed by atoms with Crippen LogP contribution < -0.4 is 16.2 Å². The SMILES string of the molecule is O=C(NCc1ccccc1)N1CCC(Nc2ccnc3[nH]c(=O)c4ccccc4c23)CC1. The summed E-state index contributed by atoms with van der Waals surface area (Å²) in [6.45, 7) is 1.92. The van der Waals surface area contributed by atoms with Gasteiger partial charge in [0.15, 0.2) is 0 Å². The fourth-order valence-corrected chi connectivity index (χ4v) is 4.36. The number of aromatic amines is 1. The third-order valence-corrected chi connectivity index (χ3v) is 6.05. The highest BCUT2D eigenvalue weighted by Gasteiger charge is 2.23. The van der Waals surface area contributed by atoms with Crippen molar-refractivity contribution >= 4 is 33.5 Å². The van der Waals surface area contributed by atoms with Crippen LogP contribution in [-0.4, -0.2) is 40.0 Å². The predicted octanol–water partition coefficient (Wildman–Crippen LogP) is 3.86. The Labute approximate surface area is 185 Å². The normalized spacial score (nSPS) is 14.6. The highest BCUT2D eigenvalue weighted by Crippen LogP contribution is 2.28. The number of H-pyrrole nitrogens is 1. The molecule has 1 aliphatic heterocycles. The molecule has 0 unspecified atom stereocenters. The minimum atomic E-state index is -0.132. The van der Waals surface area contributed by atoms with Crippen LogP contribution in [0.1, 0.15) is 18.4 Å². The Balaban J connectivity index is 1.27. The number of likely N-dealkylation sites (tertiary alicyclic amines) is 1. The second-order valence-corrected chi connectivity index (χ2v) is 8.13. The number of aromatic nitrogens is 2. The number of piperidine rings is 1. The van der Waals surface area contributed by atoms with Gasteiger partial charge in [-0.1, -0.05) is 48.5 Å². The Morgan fingerprint density at radius 1 is 1.00 bits per heavy atom. The van der Waals surface area contributed by atoms with Crippen molar-refractivity contribution in [3.8, 4) is 0 Å². The fraction of sp³-hybridized carbons (Fsp3) is 0.240. The molecule has 0 spiro atoms. The number of rotatable bonds is 4. The molecule has 0 radical (unpaired) electrons. The number of hydrogen-bond donors (Lipinski definition) is 3. The molecule has 3 heterocycles. The Morgan fingerprint density at radius 3 is 2.50 bits per heavy atom. The summed E-state index contributed by atoms with van der Waals surface area (Å²) in [5, 5.41) is 9.10. The summed E-state index contributed by atoms with van der Waals surface area (Å²) in [5.41, 5.74) is 2.49. The maximum absolute atomic E-state index is 12.5. The zero-order valence-electron chi connectivity index (χ0n) is 17.7. The van der Waals surface area contributed by atoms with Crippen molar-refractivity contribution in [2.24, 2.45) is 0 Å². The van der Waals surface area contributed by atoms with E-state index in [-0.39, 0.29) is 17.6 Å². The van der Waals surface area contributed by atoms with Crippen molar-refractivity contribution in [2.45, 2.75) is 25.4 Å². The number of fused-ring (bicyclic) bond motifs is 3. The highest BCUT2D eigenvalue weighted by atomic mass is 16.2. The summed E-state index contributed by atoms with van der Waals surface area (Å²) in [6.07, 6.45) is 3.41. The van der Waals surface area contributed by atoms with E-state index in [0.29, 0.717) is 30.7 Å². The monoisotopic (exact) mass is 427 g/mol. The van der Waals surface area contributed by atoms with Gasteiger partial charge in [-0.15, -0.1) is 0 Å². The number of anilines is 1. The Morgan fingerprint density at radius 2 is 1.72 bits per heavy atom. The number of benzene rings is 2. The molecule has 3 N–H and O–H groups in total. The van der Waals surface area contributed by atoms with Gasteiger partial charge < -0.3 is 20.5 Å². The molecule has 0 aliphatic carbocycles. The van der Waals surface area contributed by atoms with E-state index >= 15 is 0 Å². The molecule has 0 saturated carbocycles. The Kier molecular flexibility index (Phi) is 5.46. The van der Waals surface area contributed by atoms with E-state index in [9.17, 15) is 9.59 Å². The average Bonchev–Trinajstić information content (AvgIpc) is 2.84. The molecule has 0 bridgehead atoms. The highest BCUT2D eigenvalue weighted by molar-refractivity contribution is 6.10. The summed E-state index contributed by atoms with van der Waals surface area (Å²) in [5.74, 6) is 0. The number of carbonyl (C=O) groups excluding carboxylic acids is 1. The summed E-state index contributed by atoms with van der Waals surface area (Å²) < 4.78 is 0. The summed E-state index contributed by atoms with van der Waals surface area (Å²) in [6, 6.07) is 19.7. The van der Waals surface area contributed by atoms with Gasteiger partial charge in [-0.25, -0.2) is 9.78 Å². The maximum atomic E-state index is 12.5. The minimum absolute atomic E-state index is 0.0229. The quantitative estimate of drug-likeness (QED) is 0.432. The molecule has 7 heteroatoms. The van der Waals surface area contributed by atoms with Gasteiger partial charge in [-0.3, -0.25) is 4.79 Å². The van der Waals surface area contributed by atoms with Gasteiger partial charge >= 0.3 is 6.03 Å². The molecular formula is C25H25N5O2. The molecule has 2 amide bonds. The molecule has 32 heavy (non-hydrogen) atoms. The molecule has 0 atom stereocenters. The lowest BCUT2D eigenvalue weighted by molar-refractivity contribution is 0.183. The van der Waals surface area contributed by atoms with Crippen molar-refractivity contribution in [1.82, 2.24) is 20.2 Å². The predicted molar refractivity (Wildman–Crippen MR) is 127 cm³/mol. The molecular weight excluding hydrogens is 402 g/mol. The van der Waals surface area contributed by atoms with E-state index in [2.05, 4.69) is 20.6 Å². The van der Waals surface area contributed by atoms with Gasteiger partial charge in [0.1, 0.15) is 5.65 Å². The first-order chi connectivity index (χ1) is 15.7. The van der Waals surface area contributed by atoms with Gasteiger partial charge in [-0.05, 0) is 30.5 Å². The molecule has 2 aromatic heterocycles. The average molecular weight is 428 g/mol. The van der Waals surface area contributed by atoms with Crippen molar-refractivity contribution < 1.29 is 4.79 Å². The number of carbonyl (C=O) groups is 1. The van der Waals surface area contributed by atoms with Crippen LogP contribution >= 0.6 is 0 Å². The van der Waals surface area contributed by atoms with Gasteiger partial charge in [0.25, 0.3) is 5.56 Å². The van der Waals surface area contributed by atoms with Crippen molar-refractivity contribution in [1.29, 1.82) is 0 Å². The van der Waals surface area contributed by atoms with E-state index in [0.717, 1.165) is 34.9 Å². The standard InChI is InChI=1S/C25H25N5O2/c31-24-20-9-5-4-8-19(20)22-21(10-13-26-23(22)29-24)28-18-11-14-30(15-12-18)25(32)27-16-17-6-2-1-3-7-17/h1-10,13,18H,11-12,14-16H2,(H,27,32)(H2,26,28,29,31). The first kappa shape index (κ1) is 20.1. The van der Waals surface area contributed by atoms with Crippen molar-refractivity contribution in [3.63, 3.8) is 0 Å². The number of amides is 2. The van der Waals surface area contributed by atoms with E-state index in [1.54, 1.807) is 6.20 Å². The van der Waals surface area contributed by atoms with Gasteiger partial charge in [0.05, 0.1) is 0 Å². The molecule has 1 aliphatic rings. The lowest BCUT2D eigenvalue weighted by Crippen LogP contribution is -2.46. The van der Waals surface area contributed by atoms with E-state index < -0.39 is 0 Å². The zero-order valence-corrected chi connectivity index (χ0v) is 17.7. The largest absolute Gasteiger partial charge is 0.382 e. The topological polar surface area (TPSA) is 90.1 Å². The van der Waals surface area contributed by atoms with Gasteiger partial charge in [0, 0.05) is 53.7 Å². The lowest BCUT2D eigenvalue weighted by atomic mass is 10.0. The summed E-state index contributed by atoms with van der Waals surface area (Å²) >= 11 is 0. The number of hydrogen-bond acceptors (Lipinski definition) is 4. The number of urea groups is 1. The van der Waals surface area contributed by atoms with E-state index in [4.69, 9.17) is 0 Å². The fourth-order valence-electron chi connectivity index (χ4n) is 4.36. The maximum Gasteiger partial charge on any atom is 0.317 e. The van der Waals surface area contributed by atoms with Crippen LogP contribution in [0.25, 0.3) is 21.8 Å². The van der Waals surface area contributed by atoms with Crippen LogP contribution in [-0.2, 0) is 6.54 Å². The van der Waals surface area contributed by atoms with Crippen LogP contribution in [0.15, 0.2) is 71.7 Å². The summed E-state index contributed by atoms with van der Waals surface area (Å²) in [4.78, 5) is 34.1. The Bertz CT molecular complexity index is 1310. The minimum Gasteiger partial charge on any atom is -0.382 e. The van der Waals surface area contributed by atoms with Crippen molar-refractivity contribution in [2.75, 3.05) is 18.4 Å². The molecule has 5 rings (SSSR count). The molecule has 2 aromatic carbocycles. The van der Waals surface area contributed by atoms with Crippen LogP contribution in [0, 0.1) is 0 Å². The van der Waals surface area contributed by atoms with Gasteiger partial charge in [0.2, 0.25) is 0 Å². The molecule has 4 aromatic rings. The first-order valence-electron chi connectivity index (χ1n) is 10.9. The smallest absolute Gasteiger partial charge is 0.317 e. The van der Waals surface area contributed by atoms with Crippen LogP contribution in [0.3, 0.4) is 0 Å². The third kappa shape index (κ3) is 4.01. The van der Waals surface area contributed by atoms with E-state index in [1.807, 2.05) is 65.6 Å². The van der Waals surface area contributed by atoms with Crippen molar-refractivity contribution in [3.05, 3.63) is 82.8 Å². The second kappa shape index (κ2) is 8.70. The van der Waals surface area contributed by atoms with Gasteiger partial charge in [-0.2, -0.15) is 0 Å². The number of nitrogens with zero attached hydrogens (tertiary/aromatic N) is 2. The van der Waals surface area contributed by atoms with Crippen LogP contribution in [0.5, 0.6) is 0 Å². The van der Waals surface area contributed by atoms with Crippen LogP contribution in [0.2, 0.25) is 0 Å². The van der Waals surface area contributed by atoms with Crippen LogP contribution in [0.4, 0.5) is 10.5 Å². The van der Waals surface area contributed by atoms with E-state index in [1.165, 1.54) is 0 Å². The zero-order chi connectivity index (χ0) is 21.9. The lowest BCUT2D eigenvalue weighted by Gasteiger charge is -2.33. The summed E-state index contributed by atoms with van der Waals surface area (Å²) in [7, 11) is 0. The molecule has 162 valence electrons. The molecule has 1 fully saturated rings. The number of nitrogens with one attached hydrogen (secondary N) is 3. The third-order valence-electron chi connectivity index (χ3n) is 6.05.